The van der Waals surface area contributed by atoms with Gasteiger partial charge >= 0.3 is 0 Å². The molecule has 1 atom stereocenters. The van der Waals surface area contributed by atoms with E-state index in [-0.39, 0.29) is 33.6 Å². The maximum Gasteiger partial charge on any atom is 0.240 e. The topological polar surface area (TPSA) is 127 Å². The second-order valence-corrected chi connectivity index (χ2v) is 9.09. The van der Waals surface area contributed by atoms with Crippen molar-refractivity contribution in [2.24, 2.45) is 0 Å². The Labute approximate surface area is 202 Å². The molecule has 1 amide bonds. The van der Waals surface area contributed by atoms with E-state index in [1.807, 2.05) is 41.3 Å². The Bertz CT molecular complexity index is 1290. The highest BCUT2D eigenvalue weighted by Crippen LogP contribution is 2.42. The number of piperidine rings is 1. The normalized spacial score (nSPS) is 14.1. The lowest BCUT2D eigenvalue weighted by molar-refractivity contribution is -0.131. The Morgan fingerprint density at radius 1 is 1.03 bits per heavy atom. The number of carbonyl (C=O) groups is 1. The van der Waals surface area contributed by atoms with E-state index in [1.54, 1.807) is 12.1 Å². The number of pyridine rings is 1. The van der Waals surface area contributed by atoms with Gasteiger partial charge in [-0.05, 0) is 42.5 Å². The summed E-state index contributed by atoms with van der Waals surface area (Å²) < 4.78 is 0. The fraction of sp³-hybridized carbons (Fsp3) is 0.231. The van der Waals surface area contributed by atoms with E-state index < -0.39 is 5.25 Å². The zero-order valence-electron chi connectivity index (χ0n) is 18.4. The molecule has 1 aliphatic heterocycles. The number of nitrogens with two attached hydrogens (primary N) is 1. The van der Waals surface area contributed by atoms with Gasteiger partial charge in [-0.2, -0.15) is 10.5 Å². The molecule has 34 heavy (non-hydrogen) atoms. The first-order chi connectivity index (χ1) is 16.5. The van der Waals surface area contributed by atoms with Crippen molar-refractivity contribution in [2.75, 3.05) is 18.8 Å². The van der Waals surface area contributed by atoms with E-state index in [4.69, 9.17) is 5.73 Å². The summed E-state index contributed by atoms with van der Waals surface area (Å²) in [5, 5.41) is 29.5. The standard InChI is InChI=1S/C26H23N5O2S/c27-15-20-22(18-10-7-11-19(32)14-18)21(16-28)25(30-24(20)29)34-23(17-8-3-1-4-9-17)26(33)31-12-5-2-6-13-31/h1,3-4,7-11,14,23,32H,2,5-6,12-13H2,(H2,29,30). The van der Waals surface area contributed by atoms with Gasteiger partial charge in [-0.25, -0.2) is 4.98 Å². The van der Waals surface area contributed by atoms with Gasteiger partial charge in [0, 0.05) is 18.7 Å². The molecule has 1 aromatic heterocycles. The van der Waals surface area contributed by atoms with Gasteiger partial charge in [0.2, 0.25) is 5.91 Å². The Morgan fingerprint density at radius 3 is 2.38 bits per heavy atom. The van der Waals surface area contributed by atoms with Gasteiger partial charge in [0.05, 0.1) is 5.56 Å². The van der Waals surface area contributed by atoms with Crippen LogP contribution in [0, 0.1) is 22.7 Å². The number of rotatable bonds is 5. The number of anilines is 1. The van der Waals surface area contributed by atoms with Gasteiger partial charge in [0.25, 0.3) is 0 Å². The molecule has 4 rings (SSSR count). The van der Waals surface area contributed by atoms with Crippen molar-refractivity contribution in [2.45, 2.75) is 29.5 Å². The molecule has 1 aliphatic rings. The Hall–Kier alpha value is -4.01. The van der Waals surface area contributed by atoms with E-state index in [2.05, 4.69) is 11.1 Å². The molecule has 1 unspecified atom stereocenters. The number of benzene rings is 2. The van der Waals surface area contributed by atoms with E-state index in [0.717, 1.165) is 36.6 Å². The Balaban J connectivity index is 1.84. The van der Waals surface area contributed by atoms with Crippen molar-refractivity contribution >= 4 is 23.5 Å². The van der Waals surface area contributed by atoms with E-state index in [1.165, 1.54) is 12.1 Å². The van der Waals surface area contributed by atoms with Gasteiger partial charge in [-0.1, -0.05) is 54.2 Å². The number of aromatic hydroxyl groups is 1. The lowest BCUT2D eigenvalue weighted by atomic mass is 9.97. The third-order valence-corrected chi connectivity index (χ3v) is 7.00. The zero-order chi connectivity index (χ0) is 24.1. The zero-order valence-corrected chi connectivity index (χ0v) is 19.3. The third-order valence-electron chi connectivity index (χ3n) is 5.77. The number of nitrogens with zero attached hydrogens (tertiary/aromatic N) is 4. The Kier molecular flexibility index (Phi) is 7.01. The predicted molar refractivity (Wildman–Crippen MR) is 131 cm³/mol. The minimum atomic E-state index is -0.622. The van der Waals surface area contributed by atoms with Crippen molar-refractivity contribution < 1.29 is 9.90 Å². The molecule has 1 fully saturated rings. The smallest absolute Gasteiger partial charge is 0.240 e. The highest BCUT2D eigenvalue weighted by atomic mass is 32.2. The number of likely N-dealkylation sites (tertiary alicyclic amines) is 1. The highest BCUT2D eigenvalue weighted by Gasteiger charge is 2.31. The monoisotopic (exact) mass is 469 g/mol. The number of phenols is 1. The van der Waals surface area contributed by atoms with Crippen LogP contribution in [0.3, 0.4) is 0 Å². The minimum absolute atomic E-state index is 0.00250. The van der Waals surface area contributed by atoms with Crippen molar-refractivity contribution in [3.63, 3.8) is 0 Å². The molecule has 0 spiro atoms. The van der Waals surface area contributed by atoms with Crippen LogP contribution in [0.15, 0.2) is 59.6 Å². The minimum Gasteiger partial charge on any atom is -0.508 e. The van der Waals surface area contributed by atoms with Crippen LogP contribution in [-0.4, -0.2) is 34.0 Å². The lowest BCUT2D eigenvalue weighted by Crippen LogP contribution is -2.38. The molecule has 7 nitrogen and oxygen atoms in total. The predicted octanol–water partition coefficient (Wildman–Crippen LogP) is 4.63. The van der Waals surface area contributed by atoms with Crippen molar-refractivity contribution in [3.8, 4) is 29.0 Å². The summed E-state index contributed by atoms with van der Waals surface area (Å²) in [6, 6.07) is 19.9. The molecule has 8 heteroatoms. The van der Waals surface area contributed by atoms with Crippen LogP contribution in [0.4, 0.5) is 5.82 Å². The first-order valence-corrected chi connectivity index (χ1v) is 11.8. The van der Waals surface area contributed by atoms with Crippen molar-refractivity contribution in [1.82, 2.24) is 9.88 Å². The summed E-state index contributed by atoms with van der Waals surface area (Å²) in [7, 11) is 0. The molecular weight excluding hydrogens is 446 g/mol. The molecule has 0 aliphatic carbocycles. The van der Waals surface area contributed by atoms with Gasteiger partial charge in [-0.3, -0.25) is 4.79 Å². The van der Waals surface area contributed by atoms with Gasteiger partial charge in [-0.15, -0.1) is 0 Å². The van der Waals surface area contributed by atoms with Crippen molar-refractivity contribution in [1.29, 1.82) is 10.5 Å². The molecule has 3 aromatic rings. The molecule has 1 saturated heterocycles. The quantitative estimate of drug-likeness (QED) is 0.522. The summed E-state index contributed by atoms with van der Waals surface area (Å²) in [6.07, 6.45) is 3.03. The largest absolute Gasteiger partial charge is 0.508 e. The Morgan fingerprint density at radius 2 is 1.74 bits per heavy atom. The summed E-state index contributed by atoms with van der Waals surface area (Å²) >= 11 is 1.16. The van der Waals surface area contributed by atoms with E-state index in [0.29, 0.717) is 24.2 Å². The molecule has 0 radical (unpaired) electrons. The van der Waals surface area contributed by atoms with Crippen LogP contribution >= 0.6 is 11.8 Å². The number of phenolic OH excluding ortho intramolecular Hbond substituents is 1. The first-order valence-electron chi connectivity index (χ1n) is 11.0. The lowest BCUT2D eigenvalue weighted by Gasteiger charge is -2.30. The van der Waals surface area contributed by atoms with Crippen LogP contribution in [0.25, 0.3) is 11.1 Å². The molecule has 2 heterocycles. The fourth-order valence-corrected chi connectivity index (χ4v) is 5.30. The number of thioether (sulfide) groups is 1. The average molecular weight is 470 g/mol. The number of nitriles is 2. The van der Waals surface area contributed by atoms with Crippen LogP contribution in [0.5, 0.6) is 5.75 Å². The average Bonchev–Trinajstić information content (AvgIpc) is 2.87. The maximum absolute atomic E-state index is 13.6. The number of hydrogen-bond acceptors (Lipinski definition) is 7. The summed E-state index contributed by atoms with van der Waals surface area (Å²) in [4.78, 5) is 19.8. The first kappa shape index (κ1) is 23.2. The van der Waals surface area contributed by atoms with E-state index >= 15 is 0 Å². The van der Waals surface area contributed by atoms with Crippen LogP contribution in [0.1, 0.15) is 41.2 Å². The second kappa shape index (κ2) is 10.3. The van der Waals surface area contributed by atoms with Gasteiger partial charge in [0.15, 0.2) is 0 Å². The molecule has 170 valence electrons. The molecular formula is C26H23N5O2S. The van der Waals surface area contributed by atoms with Crippen LogP contribution in [-0.2, 0) is 4.79 Å². The SMILES string of the molecule is N#Cc1c(N)nc(SC(C(=O)N2CCCCC2)c2ccccc2)c(C#N)c1-c1cccc(O)c1. The highest BCUT2D eigenvalue weighted by molar-refractivity contribution is 8.00. The van der Waals surface area contributed by atoms with Crippen LogP contribution < -0.4 is 5.73 Å². The molecule has 0 bridgehead atoms. The molecule has 3 N–H and O–H groups in total. The summed E-state index contributed by atoms with van der Waals surface area (Å²) in [5.41, 5.74) is 7.93. The number of amides is 1. The summed E-state index contributed by atoms with van der Waals surface area (Å²) in [6.45, 7) is 1.40. The summed E-state index contributed by atoms with van der Waals surface area (Å²) in [5.74, 6) is -0.0692. The molecule has 0 saturated carbocycles. The fourth-order valence-electron chi connectivity index (χ4n) is 4.11. The second-order valence-electron chi connectivity index (χ2n) is 8.00. The van der Waals surface area contributed by atoms with Gasteiger partial charge in [0.1, 0.15) is 39.5 Å². The van der Waals surface area contributed by atoms with Crippen molar-refractivity contribution in [3.05, 3.63) is 71.3 Å². The van der Waals surface area contributed by atoms with Gasteiger partial charge < -0.3 is 15.7 Å². The number of nitrogen functional groups attached to an aromatic ring is 1. The molecule has 2 aromatic carbocycles. The number of carbonyl (C=O) groups excluding carboxylic acids is 1. The number of hydrogen-bond donors (Lipinski definition) is 2. The third kappa shape index (κ3) is 4.68. The maximum atomic E-state index is 13.6. The number of aromatic nitrogens is 1. The van der Waals surface area contributed by atoms with E-state index in [9.17, 15) is 20.4 Å². The van der Waals surface area contributed by atoms with Crippen LogP contribution in [0.2, 0.25) is 0 Å².